The molecule has 0 radical (unpaired) electrons. The van der Waals surface area contributed by atoms with Crippen LogP contribution in [-0.4, -0.2) is 48.2 Å². The highest BCUT2D eigenvalue weighted by atomic mass is 79.9. The highest BCUT2D eigenvalue weighted by Gasteiger charge is 2.25. The second-order valence-corrected chi connectivity index (χ2v) is 5.67. The Labute approximate surface area is 123 Å². The van der Waals surface area contributed by atoms with E-state index in [9.17, 15) is 4.79 Å². The van der Waals surface area contributed by atoms with Crippen LogP contribution in [0.1, 0.15) is 15.9 Å². The van der Waals surface area contributed by atoms with E-state index in [4.69, 9.17) is 0 Å². The van der Waals surface area contributed by atoms with E-state index >= 15 is 0 Å². The Morgan fingerprint density at radius 2 is 2.11 bits per heavy atom. The average Bonchev–Trinajstić information content (AvgIpc) is 2.37. The fourth-order valence-corrected chi connectivity index (χ4v) is 3.20. The number of aryl methyl sites for hydroxylation is 1. The number of ketones is 1. The van der Waals surface area contributed by atoms with Gasteiger partial charge in [0.15, 0.2) is 5.78 Å². The molecule has 0 aliphatic carbocycles. The van der Waals surface area contributed by atoms with E-state index < -0.39 is 0 Å². The van der Waals surface area contributed by atoms with Gasteiger partial charge in [-0.05, 0) is 20.0 Å². The maximum absolute atomic E-state index is 12.7. The summed E-state index contributed by atoms with van der Waals surface area (Å²) in [5.41, 5.74) is 3.87. The molecular weight excluding hydrogens is 304 g/mol. The van der Waals surface area contributed by atoms with E-state index in [1.807, 2.05) is 45.3 Å². The molecule has 1 aliphatic rings. The highest BCUT2D eigenvalue weighted by molar-refractivity contribution is 9.09. The van der Waals surface area contributed by atoms with Crippen LogP contribution >= 0.6 is 15.9 Å². The zero-order valence-electron chi connectivity index (χ0n) is 11.6. The zero-order chi connectivity index (χ0) is 14.0. The van der Waals surface area contributed by atoms with Gasteiger partial charge in [0.2, 0.25) is 0 Å². The maximum atomic E-state index is 12.7. The van der Waals surface area contributed by atoms with Crippen molar-refractivity contribution < 1.29 is 4.79 Å². The number of nitrogens with zero attached hydrogens (tertiary/aromatic N) is 2. The number of hydrogen-bond donors (Lipinski definition) is 0. The Bertz CT molecular complexity index is 525. The van der Waals surface area contributed by atoms with Gasteiger partial charge in [0.25, 0.3) is 0 Å². The van der Waals surface area contributed by atoms with Gasteiger partial charge >= 0.3 is 0 Å². The Hall–Kier alpha value is -1.13. The molecular formula is C15H19BrN2O. The normalized spacial score (nSPS) is 16.9. The van der Waals surface area contributed by atoms with Crippen molar-refractivity contribution in [2.24, 2.45) is 0 Å². The molecule has 0 unspecified atom stereocenters. The topological polar surface area (TPSA) is 23.6 Å². The van der Waals surface area contributed by atoms with E-state index in [1.54, 1.807) is 0 Å². The minimum atomic E-state index is 0.136. The highest BCUT2D eigenvalue weighted by Crippen LogP contribution is 2.22. The van der Waals surface area contributed by atoms with Crippen molar-refractivity contribution in [3.8, 4) is 0 Å². The second-order valence-electron chi connectivity index (χ2n) is 5.11. The molecule has 0 fully saturated rings. The Morgan fingerprint density at radius 1 is 1.37 bits per heavy atom. The third kappa shape index (κ3) is 3.07. The van der Waals surface area contributed by atoms with E-state index in [0.29, 0.717) is 11.9 Å². The van der Waals surface area contributed by atoms with Crippen molar-refractivity contribution in [3.05, 3.63) is 46.7 Å². The lowest BCUT2D eigenvalue weighted by atomic mass is 9.98. The summed E-state index contributed by atoms with van der Waals surface area (Å²) in [5, 5.41) is 0.713. The van der Waals surface area contributed by atoms with Gasteiger partial charge in [0, 0.05) is 35.8 Å². The molecule has 4 heteroatoms. The monoisotopic (exact) mass is 322 g/mol. The molecule has 1 aromatic carbocycles. The van der Waals surface area contributed by atoms with Gasteiger partial charge in [0.1, 0.15) is 0 Å². The van der Waals surface area contributed by atoms with Crippen LogP contribution in [0.5, 0.6) is 0 Å². The minimum Gasteiger partial charge on any atom is -0.364 e. The number of halogens is 1. The fraction of sp³-hybridized carbons (Fsp3) is 0.400. The van der Waals surface area contributed by atoms with Crippen LogP contribution < -0.4 is 0 Å². The first-order valence-corrected chi connectivity index (χ1v) is 7.44. The summed E-state index contributed by atoms with van der Waals surface area (Å²) < 4.78 is 0. The maximum Gasteiger partial charge on any atom is 0.192 e. The molecule has 0 atom stereocenters. The van der Waals surface area contributed by atoms with Crippen LogP contribution in [0.3, 0.4) is 0 Å². The van der Waals surface area contributed by atoms with Crippen LogP contribution in [0.2, 0.25) is 0 Å². The number of rotatable bonds is 3. The summed E-state index contributed by atoms with van der Waals surface area (Å²) in [7, 11) is 4.06. The predicted octanol–water partition coefficient (Wildman–Crippen LogP) is 2.66. The number of Topliss-reactive ketones (excluding diaryl/α,β-unsaturated/α-hetero) is 1. The average molecular weight is 323 g/mol. The van der Waals surface area contributed by atoms with Gasteiger partial charge in [-0.1, -0.05) is 39.7 Å². The van der Waals surface area contributed by atoms with E-state index in [-0.39, 0.29) is 5.78 Å². The van der Waals surface area contributed by atoms with Crippen LogP contribution in [0.4, 0.5) is 0 Å². The molecule has 0 spiro atoms. The lowest BCUT2D eigenvalue weighted by Crippen LogP contribution is -2.41. The van der Waals surface area contributed by atoms with E-state index in [2.05, 4.69) is 25.7 Å². The lowest BCUT2D eigenvalue weighted by Gasteiger charge is -2.35. The third-order valence-electron chi connectivity index (χ3n) is 3.37. The van der Waals surface area contributed by atoms with Crippen molar-refractivity contribution in [3.63, 3.8) is 0 Å². The molecule has 1 aliphatic heterocycles. The van der Waals surface area contributed by atoms with Crippen molar-refractivity contribution in [1.82, 2.24) is 9.80 Å². The lowest BCUT2D eigenvalue weighted by molar-refractivity contribution is 0.0997. The van der Waals surface area contributed by atoms with Crippen LogP contribution in [-0.2, 0) is 0 Å². The zero-order valence-corrected chi connectivity index (χ0v) is 13.2. The summed E-state index contributed by atoms with van der Waals surface area (Å²) in [6.45, 7) is 3.57. The smallest absolute Gasteiger partial charge is 0.192 e. The SMILES string of the molecule is Cc1cccc(C(=O)C2=C(CBr)N(C)CN(C)C2)c1. The summed E-state index contributed by atoms with van der Waals surface area (Å²) in [5.74, 6) is 0.136. The number of benzene rings is 1. The number of alkyl halides is 1. The van der Waals surface area contributed by atoms with Crippen molar-refractivity contribution in [1.29, 1.82) is 0 Å². The first-order valence-electron chi connectivity index (χ1n) is 6.32. The van der Waals surface area contributed by atoms with E-state index in [0.717, 1.165) is 29.1 Å². The van der Waals surface area contributed by atoms with E-state index in [1.165, 1.54) is 0 Å². The van der Waals surface area contributed by atoms with Gasteiger partial charge in [-0.15, -0.1) is 0 Å². The molecule has 0 N–H and O–H groups in total. The third-order valence-corrected chi connectivity index (χ3v) is 3.90. The van der Waals surface area contributed by atoms with Gasteiger partial charge in [-0.2, -0.15) is 0 Å². The number of carbonyl (C=O) groups excluding carboxylic acids is 1. The van der Waals surface area contributed by atoms with Crippen LogP contribution in [0, 0.1) is 6.92 Å². The van der Waals surface area contributed by atoms with Gasteiger partial charge in [-0.3, -0.25) is 9.69 Å². The number of carbonyl (C=O) groups is 1. The molecule has 19 heavy (non-hydrogen) atoms. The Morgan fingerprint density at radius 3 is 2.74 bits per heavy atom. The Kier molecular flexibility index (Phi) is 4.42. The summed E-state index contributed by atoms with van der Waals surface area (Å²) in [4.78, 5) is 17.0. The van der Waals surface area contributed by atoms with Gasteiger partial charge in [0.05, 0.1) is 6.67 Å². The van der Waals surface area contributed by atoms with Crippen molar-refractivity contribution in [2.75, 3.05) is 32.6 Å². The molecule has 0 aromatic heterocycles. The molecule has 0 saturated carbocycles. The minimum absolute atomic E-state index is 0.136. The summed E-state index contributed by atoms with van der Waals surface area (Å²) >= 11 is 3.50. The van der Waals surface area contributed by atoms with Gasteiger partial charge < -0.3 is 4.90 Å². The fourth-order valence-electron chi connectivity index (χ4n) is 2.44. The molecule has 3 nitrogen and oxygen atoms in total. The first kappa shape index (κ1) is 14.3. The second kappa shape index (κ2) is 5.88. The number of allylic oxidation sites excluding steroid dienone is 1. The standard InChI is InChI=1S/C15H19BrN2O/c1-11-5-4-6-12(7-11)15(19)13-9-17(2)10-18(3)14(13)8-16/h4-7H,8-10H2,1-3H3. The molecule has 1 aromatic rings. The van der Waals surface area contributed by atoms with Crippen LogP contribution in [0.15, 0.2) is 35.5 Å². The molecule has 0 amide bonds. The van der Waals surface area contributed by atoms with Crippen molar-refractivity contribution in [2.45, 2.75) is 6.92 Å². The molecule has 0 bridgehead atoms. The van der Waals surface area contributed by atoms with Crippen molar-refractivity contribution >= 4 is 21.7 Å². The number of hydrogen-bond acceptors (Lipinski definition) is 3. The van der Waals surface area contributed by atoms with Crippen LogP contribution in [0.25, 0.3) is 0 Å². The number of likely N-dealkylation sites (N-methyl/N-ethyl adjacent to an activating group) is 1. The quantitative estimate of drug-likeness (QED) is 0.631. The summed E-state index contributed by atoms with van der Waals surface area (Å²) in [6.07, 6.45) is 0. The molecule has 102 valence electrons. The Balaban J connectivity index is 2.40. The molecule has 2 rings (SSSR count). The molecule has 0 saturated heterocycles. The van der Waals surface area contributed by atoms with Gasteiger partial charge in [-0.25, -0.2) is 0 Å². The largest absolute Gasteiger partial charge is 0.364 e. The predicted molar refractivity (Wildman–Crippen MR) is 81.6 cm³/mol. The summed E-state index contributed by atoms with van der Waals surface area (Å²) in [6, 6.07) is 7.79. The first-order chi connectivity index (χ1) is 9.02. The molecule has 1 heterocycles.